The molecule has 0 aliphatic carbocycles. The van der Waals surface area contributed by atoms with Crippen LogP contribution in [0.15, 0.2) is 60.7 Å². The summed E-state index contributed by atoms with van der Waals surface area (Å²) >= 11 is 0. The van der Waals surface area contributed by atoms with Gasteiger partial charge in [-0.3, -0.25) is 0 Å². The lowest BCUT2D eigenvalue weighted by Gasteiger charge is -1.98. The average molecular weight is 212 g/mol. The molecule has 0 saturated heterocycles. The highest BCUT2D eigenvalue weighted by atomic mass is 14.0. The van der Waals surface area contributed by atoms with Crippen molar-refractivity contribution in [1.29, 1.82) is 0 Å². The van der Waals surface area contributed by atoms with E-state index in [-0.39, 0.29) is 0 Å². The first kappa shape index (κ1) is 12.5. The maximum Gasteiger partial charge on any atom is -0.0184 e. The maximum absolute atomic E-state index is 2.17. The van der Waals surface area contributed by atoms with Gasteiger partial charge in [0.05, 0.1) is 0 Å². The SMILES string of the molecule is CC(C)C.c1ccc(-c2ccccc2)cc1. The Kier molecular flexibility index (Phi) is 5.35. The van der Waals surface area contributed by atoms with Crippen molar-refractivity contribution < 1.29 is 0 Å². The smallest absolute Gasteiger partial charge is 0.0184 e. The van der Waals surface area contributed by atoms with Gasteiger partial charge in [0, 0.05) is 0 Å². The summed E-state index contributed by atoms with van der Waals surface area (Å²) in [6, 6.07) is 20.8. The van der Waals surface area contributed by atoms with E-state index in [4.69, 9.17) is 0 Å². The van der Waals surface area contributed by atoms with E-state index in [1.165, 1.54) is 11.1 Å². The minimum Gasteiger partial charge on any atom is -0.0630 e. The van der Waals surface area contributed by atoms with Gasteiger partial charge in [-0.1, -0.05) is 81.4 Å². The molecule has 0 nitrogen and oxygen atoms in total. The molecular formula is C16H20. The molecule has 2 rings (SSSR count). The number of rotatable bonds is 1. The molecule has 0 N–H and O–H groups in total. The van der Waals surface area contributed by atoms with Crippen LogP contribution in [-0.4, -0.2) is 0 Å². The van der Waals surface area contributed by atoms with Crippen LogP contribution < -0.4 is 0 Å². The first-order valence-corrected chi connectivity index (χ1v) is 5.80. The Labute approximate surface area is 99.0 Å². The van der Waals surface area contributed by atoms with Crippen LogP contribution in [0.3, 0.4) is 0 Å². The Morgan fingerprint density at radius 1 is 0.562 bits per heavy atom. The van der Waals surface area contributed by atoms with Gasteiger partial charge in [0.15, 0.2) is 0 Å². The molecule has 0 spiro atoms. The maximum atomic E-state index is 2.17. The lowest BCUT2D eigenvalue weighted by atomic mass is 10.1. The molecule has 0 unspecified atom stereocenters. The van der Waals surface area contributed by atoms with Crippen LogP contribution in [0.1, 0.15) is 20.8 Å². The lowest BCUT2D eigenvalue weighted by molar-refractivity contribution is 0.737. The van der Waals surface area contributed by atoms with E-state index in [1.807, 2.05) is 12.1 Å². The van der Waals surface area contributed by atoms with E-state index < -0.39 is 0 Å². The predicted molar refractivity (Wildman–Crippen MR) is 72.4 cm³/mol. The third-order valence-electron chi connectivity index (χ3n) is 1.88. The highest BCUT2D eigenvalue weighted by Crippen LogP contribution is 2.17. The van der Waals surface area contributed by atoms with Crippen LogP contribution >= 0.6 is 0 Å². The van der Waals surface area contributed by atoms with Crippen molar-refractivity contribution in [3.63, 3.8) is 0 Å². The summed E-state index contributed by atoms with van der Waals surface area (Å²) < 4.78 is 0. The number of benzene rings is 2. The van der Waals surface area contributed by atoms with Crippen LogP contribution in [0.4, 0.5) is 0 Å². The summed E-state index contributed by atoms with van der Waals surface area (Å²) in [5.41, 5.74) is 2.55. The van der Waals surface area contributed by atoms with Crippen molar-refractivity contribution >= 4 is 0 Å². The fourth-order valence-electron chi connectivity index (χ4n) is 1.26. The van der Waals surface area contributed by atoms with E-state index in [9.17, 15) is 0 Å². The summed E-state index contributed by atoms with van der Waals surface area (Å²) in [5, 5.41) is 0. The van der Waals surface area contributed by atoms with Crippen LogP contribution in [0, 0.1) is 5.92 Å². The molecule has 16 heavy (non-hydrogen) atoms. The van der Waals surface area contributed by atoms with E-state index in [1.54, 1.807) is 0 Å². The quantitative estimate of drug-likeness (QED) is 0.623. The van der Waals surface area contributed by atoms with Gasteiger partial charge in [-0.2, -0.15) is 0 Å². The molecule has 2 aromatic carbocycles. The topological polar surface area (TPSA) is 0 Å². The predicted octanol–water partition coefficient (Wildman–Crippen LogP) is 5.02. The largest absolute Gasteiger partial charge is 0.0630 e. The van der Waals surface area contributed by atoms with Gasteiger partial charge in [0.2, 0.25) is 0 Å². The highest BCUT2D eigenvalue weighted by molar-refractivity contribution is 5.62. The third-order valence-corrected chi connectivity index (χ3v) is 1.88. The van der Waals surface area contributed by atoms with Gasteiger partial charge in [-0.25, -0.2) is 0 Å². The van der Waals surface area contributed by atoms with Crippen molar-refractivity contribution in [3.8, 4) is 11.1 Å². The summed E-state index contributed by atoms with van der Waals surface area (Å²) in [7, 11) is 0. The fraction of sp³-hybridized carbons (Fsp3) is 0.250. The van der Waals surface area contributed by atoms with Crippen LogP contribution in [-0.2, 0) is 0 Å². The van der Waals surface area contributed by atoms with Gasteiger partial charge in [0.1, 0.15) is 0 Å². The van der Waals surface area contributed by atoms with Gasteiger partial charge >= 0.3 is 0 Å². The lowest BCUT2D eigenvalue weighted by Crippen LogP contribution is -1.73. The molecule has 0 saturated carbocycles. The summed E-state index contributed by atoms with van der Waals surface area (Å²) in [6.07, 6.45) is 0. The van der Waals surface area contributed by atoms with Crippen molar-refractivity contribution in [3.05, 3.63) is 60.7 Å². The van der Waals surface area contributed by atoms with Crippen LogP contribution in [0.2, 0.25) is 0 Å². The van der Waals surface area contributed by atoms with Gasteiger partial charge < -0.3 is 0 Å². The van der Waals surface area contributed by atoms with Crippen molar-refractivity contribution in [1.82, 2.24) is 0 Å². The molecular weight excluding hydrogens is 192 g/mol. The molecule has 0 aliphatic heterocycles. The van der Waals surface area contributed by atoms with E-state index in [2.05, 4.69) is 69.3 Å². The molecule has 0 aromatic heterocycles. The van der Waals surface area contributed by atoms with E-state index >= 15 is 0 Å². The average Bonchev–Trinajstić information content (AvgIpc) is 2.31. The zero-order valence-electron chi connectivity index (χ0n) is 10.4. The van der Waals surface area contributed by atoms with Crippen molar-refractivity contribution in [2.24, 2.45) is 5.92 Å². The zero-order valence-corrected chi connectivity index (χ0v) is 10.4. The van der Waals surface area contributed by atoms with Gasteiger partial charge in [-0.15, -0.1) is 0 Å². The van der Waals surface area contributed by atoms with Gasteiger partial charge in [-0.05, 0) is 17.0 Å². The molecule has 0 amide bonds. The second-order valence-electron chi connectivity index (χ2n) is 4.46. The van der Waals surface area contributed by atoms with E-state index in [0.717, 1.165) is 5.92 Å². The molecule has 0 heteroatoms. The highest BCUT2D eigenvalue weighted by Gasteiger charge is 1.91. The number of hydrogen-bond donors (Lipinski definition) is 0. The molecule has 0 bridgehead atoms. The monoisotopic (exact) mass is 212 g/mol. The number of hydrogen-bond acceptors (Lipinski definition) is 0. The first-order chi connectivity index (χ1) is 7.70. The van der Waals surface area contributed by atoms with Crippen molar-refractivity contribution in [2.45, 2.75) is 20.8 Å². The summed E-state index contributed by atoms with van der Waals surface area (Å²) in [6.45, 7) is 6.50. The molecule has 0 fully saturated rings. The Morgan fingerprint density at radius 2 is 0.812 bits per heavy atom. The summed E-state index contributed by atoms with van der Waals surface area (Å²) in [4.78, 5) is 0. The van der Waals surface area contributed by atoms with Crippen molar-refractivity contribution in [2.75, 3.05) is 0 Å². The Hall–Kier alpha value is -1.56. The second kappa shape index (κ2) is 6.84. The zero-order chi connectivity index (χ0) is 11.8. The molecule has 0 atom stereocenters. The Balaban J connectivity index is 0.000000280. The Bertz CT molecular complexity index is 333. The Morgan fingerprint density at radius 3 is 1.06 bits per heavy atom. The molecule has 0 radical (unpaired) electrons. The molecule has 0 heterocycles. The minimum atomic E-state index is 0.833. The molecule has 84 valence electrons. The third kappa shape index (κ3) is 4.79. The molecule has 2 aromatic rings. The van der Waals surface area contributed by atoms with E-state index in [0.29, 0.717) is 0 Å². The van der Waals surface area contributed by atoms with Crippen LogP contribution in [0.5, 0.6) is 0 Å². The minimum absolute atomic E-state index is 0.833. The standard InChI is InChI=1S/C12H10.C4H10/c1-3-7-11(8-4-1)12-9-5-2-6-10-12;1-4(2)3/h1-10H;4H,1-3H3. The molecule has 0 aliphatic rings. The van der Waals surface area contributed by atoms with Gasteiger partial charge in [0.25, 0.3) is 0 Å². The van der Waals surface area contributed by atoms with Crippen LogP contribution in [0.25, 0.3) is 11.1 Å². The normalized spacial score (nSPS) is 9.50. The summed E-state index contributed by atoms with van der Waals surface area (Å²) in [5.74, 6) is 0.833. The first-order valence-electron chi connectivity index (χ1n) is 5.80. The second-order valence-corrected chi connectivity index (χ2v) is 4.46. The fourth-order valence-corrected chi connectivity index (χ4v) is 1.26.